The summed E-state index contributed by atoms with van der Waals surface area (Å²) in [6.45, 7) is 2.90. The molecule has 3 heterocycles. The van der Waals surface area contributed by atoms with Gasteiger partial charge in [0.05, 0.1) is 12.3 Å². The number of nitrogens with zero attached hydrogens (tertiary/aromatic N) is 4. The molecule has 1 N–H and O–H groups in total. The molecule has 3 aromatic heterocycles. The fraction of sp³-hybridized carbons (Fsp3) is 0.235. The standard InChI is InChI=1S/C17H17N5OS/c1-2-3-10-23-13-6-4-12(5-7-13)14-11-15-16-18-19-17(24)21(16)8-9-22(15)20-14/h4-9,11H,2-3,10H2,1H3,(H,19,24). The molecule has 0 bridgehead atoms. The lowest BCUT2D eigenvalue weighted by molar-refractivity contribution is 0.309. The molecule has 4 rings (SSSR count). The smallest absolute Gasteiger partial charge is 0.199 e. The number of fused-ring (bicyclic) bond motifs is 3. The first-order valence-corrected chi connectivity index (χ1v) is 8.35. The Morgan fingerprint density at radius 1 is 1.21 bits per heavy atom. The Morgan fingerprint density at radius 2 is 2.04 bits per heavy atom. The summed E-state index contributed by atoms with van der Waals surface area (Å²) in [5.74, 6) is 0.886. The predicted octanol–water partition coefficient (Wildman–Crippen LogP) is 3.89. The van der Waals surface area contributed by atoms with Crippen molar-refractivity contribution in [3.05, 3.63) is 47.5 Å². The maximum Gasteiger partial charge on any atom is 0.199 e. The lowest BCUT2D eigenvalue weighted by Gasteiger charge is -2.05. The van der Waals surface area contributed by atoms with Crippen LogP contribution in [0.1, 0.15) is 19.8 Å². The third kappa shape index (κ3) is 2.56. The first-order valence-electron chi connectivity index (χ1n) is 7.94. The second kappa shape index (κ2) is 6.09. The Labute approximate surface area is 143 Å². The van der Waals surface area contributed by atoms with Gasteiger partial charge in [-0.1, -0.05) is 13.3 Å². The average Bonchev–Trinajstić information content (AvgIpc) is 3.19. The molecule has 0 aliphatic rings. The lowest BCUT2D eigenvalue weighted by Crippen LogP contribution is -1.96. The van der Waals surface area contributed by atoms with Crippen molar-refractivity contribution < 1.29 is 4.74 Å². The molecule has 0 radical (unpaired) electrons. The van der Waals surface area contributed by atoms with Crippen molar-refractivity contribution in [2.45, 2.75) is 19.8 Å². The zero-order valence-electron chi connectivity index (χ0n) is 13.3. The fourth-order valence-corrected chi connectivity index (χ4v) is 2.82. The zero-order valence-corrected chi connectivity index (χ0v) is 14.1. The summed E-state index contributed by atoms with van der Waals surface area (Å²) in [5, 5.41) is 11.7. The van der Waals surface area contributed by atoms with Crippen LogP contribution in [-0.2, 0) is 0 Å². The molecule has 0 aliphatic heterocycles. The van der Waals surface area contributed by atoms with E-state index in [1.165, 1.54) is 0 Å². The van der Waals surface area contributed by atoms with Crippen molar-refractivity contribution in [1.29, 1.82) is 0 Å². The van der Waals surface area contributed by atoms with Gasteiger partial charge in [-0.2, -0.15) is 10.2 Å². The highest BCUT2D eigenvalue weighted by molar-refractivity contribution is 7.71. The van der Waals surface area contributed by atoms with E-state index in [1.54, 1.807) is 0 Å². The van der Waals surface area contributed by atoms with E-state index in [-0.39, 0.29) is 0 Å². The lowest BCUT2D eigenvalue weighted by atomic mass is 10.1. The summed E-state index contributed by atoms with van der Waals surface area (Å²) < 4.78 is 9.92. The van der Waals surface area contributed by atoms with Crippen LogP contribution in [0.4, 0.5) is 0 Å². The number of nitrogens with one attached hydrogen (secondary N) is 1. The van der Waals surface area contributed by atoms with Crippen molar-refractivity contribution in [2.24, 2.45) is 0 Å². The van der Waals surface area contributed by atoms with Crippen molar-refractivity contribution in [3.63, 3.8) is 0 Å². The van der Waals surface area contributed by atoms with Crippen LogP contribution in [0.5, 0.6) is 5.75 Å². The number of rotatable bonds is 5. The van der Waals surface area contributed by atoms with Gasteiger partial charge in [-0.15, -0.1) is 0 Å². The van der Waals surface area contributed by atoms with Gasteiger partial charge in [-0.25, -0.2) is 4.52 Å². The van der Waals surface area contributed by atoms with Crippen LogP contribution in [0, 0.1) is 4.77 Å². The molecule has 24 heavy (non-hydrogen) atoms. The summed E-state index contributed by atoms with van der Waals surface area (Å²) in [6, 6.07) is 10.0. The van der Waals surface area contributed by atoms with Gasteiger partial charge in [0.2, 0.25) is 0 Å². The Morgan fingerprint density at radius 3 is 2.83 bits per heavy atom. The normalized spacial score (nSPS) is 11.4. The van der Waals surface area contributed by atoms with E-state index in [0.717, 1.165) is 47.6 Å². The van der Waals surface area contributed by atoms with Crippen molar-refractivity contribution in [1.82, 2.24) is 24.2 Å². The quantitative estimate of drug-likeness (QED) is 0.443. The summed E-state index contributed by atoms with van der Waals surface area (Å²) in [7, 11) is 0. The van der Waals surface area contributed by atoms with Crippen LogP contribution in [-0.4, -0.2) is 30.8 Å². The molecular formula is C17H17N5OS. The maximum atomic E-state index is 5.70. The first kappa shape index (κ1) is 14.9. The van der Waals surface area contributed by atoms with Crippen molar-refractivity contribution in [2.75, 3.05) is 6.61 Å². The number of benzene rings is 1. The summed E-state index contributed by atoms with van der Waals surface area (Å²) in [5.41, 5.74) is 3.59. The van der Waals surface area contributed by atoms with Crippen LogP contribution >= 0.6 is 12.2 Å². The van der Waals surface area contributed by atoms with Gasteiger partial charge < -0.3 is 4.74 Å². The van der Waals surface area contributed by atoms with Gasteiger partial charge in [0.1, 0.15) is 11.3 Å². The summed E-state index contributed by atoms with van der Waals surface area (Å²) in [6.07, 6.45) is 5.93. The predicted molar refractivity (Wildman–Crippen MR) is 95.0 cm³/mol. The Kier molecular flexibility index (Phi) is 3.78. The van der Waals surface area contributed by atoms with Gasteiger partial charge in [-0.3, -0.25) is 9.50 Å². The SMILES string of the molecule is CCCCOc1ccc(-c2cc3c4n[nH]c(=S)n4ccn3n2)cc1. The van der Waals surface area contributed by atoms with Gasteiger partial charge in [0, 0.05) is 18.0 Å². The van der Waals surface area contributed by atoms with Gasteiger partial charge in [-0.05, 0) is 49.0 Å². The molecule has 0 unspecified atom stereocenters. The zero-order chi connectivity index (χ0) is 16.5. The third-order valence-electron chi connectivity index (χ3n) is 3.94. The van der Waals surface area contributed by atoms with Gasteiger partial charge >= 0.3 is 0 Å². The molecule has 6 nitrogen and oxygen atoms in total. The van der Waals surface area contributed by atoms with E-state index >= 15 is 0 Å². The molecule has 0 aliphatic carbocycles. The number of H-pyrrole nitrogens is 1. The topological polar surface area (TPSA) is 59.6 Å². The molecule has 0 saturated heterocycles. The molecule has 4 aromatic rings. The molecule has 0 atom stereocenters. The van der Waals surface area contributed by atoms with Gasteiger partial charge in [0.25, 0.3) is 0 Å². The van der Waals surface area contributed by atoms with E-state index in [4.69, 9.17) is 17.0 Å². The highest BCUT2D eigenvalue weighted by Gasteiger charge is 2.09. The highest BCUT2D eigenvalue weighted by Crippen LogP contribution is 2.24. The molecule has 1 aromatic carbocycles. The number of hydrogen-bond donors (Lipinski definition) is 1. The number of aromatic nitrogens is 5. The highest BCUT2D eigenvalue weighted by atomic mass is 32.1. The molecule has 0 saturated carbocycles. The minimum atomic E-state index is 0.573. The number of ether oxygens (including phenoxy) is 1. The fourth-order valence-electron chi connectivity index (χ4n) is 2.63. The minimum absolute atomic E-state index is 0.573. The second-order valence-corrected chi connectivity index (χ2v) is 5.99. The molecule has 0 fully saturated rings. The first-order chi connectivity index (χ1) is 11.8. The van der Waals surface area contributed by atoms with Crippen molar-refractivity contribution >= 4 is 23.4 Å². The van der Waals surface area contributed by atoms with Crippen LogP contribution in [0.2, 0.25) is 0 Å². The second-order valence-electron chi connectivity index (χ2n) is 5.61. The number of unbranched alkanes of at least 4 members (excludes halogenated alkanes) is 1. The van der Waals surface area contributed by atoms with E-state index in [9.17, 15) is 0 Å². The van der Waals surface area contributed by atoms with Gasteiger partial charge in [0.15, 0.2) is 10.4 Å². The Hall–Kier alpha value is -2.67. The largest absolute Gasteiger partial charge is 0.494 e. The molecule has 7 heteroatoms. The molecule has 122 valence electrons. The Bertz CT molecular complexity index is 1040. The van der Waals surface area contributed by atoms with Crippen molar-refractivity contribution in [3.8, 4) is 17.0 Å². The van der Waals surface area contributed by atoms with Crippen LogP contribution in [0.25, 0.3) is 22.4 Å². The average molecular weight is 339 g/mol. The monoisotopic (exact) mass is 339 g/mol. The summed E-state index contributed by atoms with van der Waals surface area (Å²) >= 11 is 5.21. The summed E-state index contributed by atoms with van der Waals surface area (Å²) in [4.78, 5) is 0. The van der Waals surface area contributed by atoms with Crippen LogP contribution < -0.4 is 4.74 Å². The van der Waals surface area contributed by atoms with E-state index in [2.05, 4.69) is 22.2 Å². The molecule has 0 amide bonds. The molecule has 0 spiro atoms. The van der Waals surface area contributed by atoms with E-state index < -0.39 is 0 Å². The van der Waals surface area contributed by atoms with E-state index in [1.807, 2.05) is 51.6 Å². The van der Waals surface area contributed by atoms with Crippen LogP contribution in [0.15, 0.2) is 42.7 Å². The number of hydrogen-bond acceptors (Lipinski definition) is 4. The molecular weight excluding hydrogens is 322 g/mol. The Balaban J connectivity index is 1.68. The third-order valence-corrected chi connectivity index (χ3v) is 4.23. The van der Waals surface area contributed by atoms with E-state index in [0.29, 0.717) is 4.77 Å². The number of aromatic amines is 1. The maximum absolute atomic E-state index is 5.70. The van der Waals surface area contributed by atoms with Crippen LogP contribution in [0.3, 0.4) is 0 Å². The minimum Gasteiger partial charge on any atom is -0.494 e.